The number of carbonyl (C=O) groups is 8. The molecule has 3 amide bonds. The van der Waals surface area contributed by atoms with Crippen molar-refractivity contribution in [2.75, 3.05) is 79.0 Å². The Hall–Kier alpha value is -8.32. The Morgan fingerprint density at radius 1 is 0.800 bits per heavy atom. The number of carbonyl (C=O) groups excluding carboxylic acids is 8. The number of aliphatic hydroxyl groups excluding tert-OH is 1. The minimum absolute atomic E-state index is 0.00625. The normalized spacial score (nSPS) is 19.6. The summed E-state index contributed by atoms with van der Waals surface area (Å²) in [5, 5.41) is 26.7. The molecule has 1 fully saturated rings. The van der Waals surface area contributed by atoms with Gasteiger partial charge in [0.05, 0.1) is 83.8 Å². The molecule has 85 heavy (non-hydrogen) atoms. The van der Waals surface area contributed by atoms with Gasteiger partial charge in [0.2, 0.25) is 12.4 Å². The lowest BCUT2D eigenvalue weighted by atomic mass is 9.92. The van der Waals surface area contributed by atoms with E-state index in [1.165, 1.54) is 62.4 Å². The first-order valence-corrected chi connectivity index (χ1v) is 26.8. The summed E-state index contributed by atoms with van der Waals surface area (Å²) in [7, 11) is 3.01. The van der Waals surface area contributed by atoms with Gasteiger partial charge in [-0.3, -0.25) is 28.8 Å². The molecule has 0 saturated carbocycles. The molecule has 29 heteroatoms. The highest BCUT2D eigenvalue weighted by Crippen LogP contribution is 2.44. The number of fused-ring (bicyclic) bond motifs is 2. The topological polar surface area (TPSA) is 337 Å². The molecule has 3 aliphatic rings. The van der Waals surface area contributed by atoms with Gasteiger partial charge >= 0.3 is 43.0 Å². The number of nitrogens with zero attached hydrogens (tertiary/aromatic N) is 2. The average Bonchev–Trinajstić information content (AvgIpc) is 4.09. The van der Waals surface area contributed by atoms with E-state index < -0.39 is 104 Å². The van der Waals surface area contributed by atoms with Crippen molar-refractivity contribution in [3.8, 4) is 23.0 Å². The van der Waals surface area contributed by atoms with Crippen molar-refractivity contribution < 1.29 is 115 Å². The monoisotopic (exact) mass is 1190 g/mol. The second kappa shape index (κ2) is 32.1. The predicted molar refractivity (Wildman–Crippen MR) is 294 cm³/mol. The number of nitrogens with one attached hydrogen (secondary N) is 2. The lowest BCUT2D eigenvalue weighted by Gasteiger charge is -2.43. The van der Waals surface area contributed by atoms with Gasteiger partial charge in [0.15, 0.2) is 36.0 Å². The van der Waals surface area contributed by atoms with Crippen LogP contribution in [0.2, 0.25) is 6.82 Å². The van der Waals surface area contributed by atoms with Crippen molar-refractivity contribution in [2.45, 2.75) is 96.4 Å². The van der Waals surface area contributed by atoms with Gasteiger partial charge in [0.25, 0.3) is 11.8 Å². The first kappa shape index (κ1) is 65.8. The fourth-order valence-electron chi connectivity index (χ4n) is 8.97. The largest absolute Gasteiger partial charge is 0.497 e. The van der Waals surface area contributed by atoms with Crippen LogP contribution in [0.3, 0.4) is 0 Å². The zero-order chi connectivity index (χ0) is 61.7. The van der Waals surface area contributed by atoms with E-state index in [0.717, 1.165) is 32.8 Å². The number of aliphatic hydroxyl groups is 1. The van der Waals surface area contributed by atoms with Crippen LogP contribution in [0, 0.1) is 0 Å². The van der Waals surface area contributed by atoms with E-state index in [2.05, 4.69) is 17.3 Å². The Morgan fingerprint density at radius 2 is 1.48 bits per heavy atom. The molecule has 0 aliphatic carbocycles. The summed E-state index contributed by atoms with van der Waals surface area (Å²) >= 11 is 0. The number of benzene rings is 3. The third-order valence-electron chi connectivity index (χ3n) is 12.7. The molecule has 0 spiro atoms. The number of ether oxygens (including phenoxy) is 13. The zero-order valence-electron chi connectivity index (χ0n) is 47.9. The molecule has 28 nitrogen and oxygen atoms in total. The number of esters is 5. The van der Waals surface area contributed by atoms with E-state index in [0.29, 0.717) is 16.9 Å². The van der Waals surface area contributed by atoms with E-state index in [1.807, 2.05) is 0 Å². The summed E-state index contributed by atoms with van der Waals surface area (Å²) in [6.07, 6.45) is -8.60. The van der Waals surface area contributed by atoms with Gasteiger partial charge in [-0.25, -0.2) is 19.9 Å². The molecule has 7 atom stereocenters. The number of rotatable bonds is 30. The summed E-state index contributed by atoms with van der Waals surface area (Å²) in [5.74, 6) is -5.42. The predicted octanol–water partition coefficient (Wildman–Crippen LogP) is 2.79. The molecule has 0 aromatic heterocycles. The molecule has 460 valence electrons. The van der Waals surface area contributed by atoms with Crippen LogP contribution in [0.25, 0.3) is 5.57 Å². The third kappa shape index (κ3) is 18.1. The van der Waals surface area contributed by atoms with Crippen molar-refractivity contribution in [1.82, 2.24) is 15.6 Å². The Balaban J connectivity index is 1.32. The lowest BCUT2D eigenvalue weighted by Crippen LogP contribution is -2.64. The van der Waals surface area contributed by atoms with Gasteiger partial charge in [-0.1, -0.05) is 30.9 Å². The first-order chi connectivity index (χ1) is 40.8. The molecular weight excluding hydrogens is 1120 g/mol. The molecular formula is C56H69BN4O24. The molecule has 1 saturated heterocycles. The summed E-state index contributed by atoms with van der Waals surface area (Å²) < 4.78 is 72.5. The van der Waals surface area contributed by atoms with E-state index in [4.69, 9.17) is 66.4 Å². The van der Waals surface area contributed by atoms with Crippen LogP contribution in [0.5, 0.6) is 23.0 Å². The minimum Gasteiger partial charge on any atom is -0.497 e. The maximum absolute atomic E-state index is 14.8. The molecule has 3 aromatic carbocycles. The SMILES string of the molecule is C=CCOC(=O)CCCOc1cc2c(cc1OC)C(=O)N1C=C(c3ccc(OC)cc3)C[C@H]1C(O)N2C(=O)OCc1ccc(O[C@@H]2O[C@H](C(=O)OC)[C@@H](OC(C)=O)[C@H](OC(C)=O)[C@H]2OC(C)=O)c(C(=O)NCCOCCOCCONB(C)O)c1. The van der Waals surface area contributed by atoms with Gasteiger partial charge in [0.1, 0.15) is 24.7 Å². The van der Waals surface area contributed by atoms with Crippen LogP contribution in [-0.2, 0) is 78.0 Å². The summed E-state index contributed by atoms with van der Waals surface area (Å²) in [4.78, 5) is 114. The highest BCUT2D eigenvalue weighted by Gasteiger charge is 2.56. The van der Waals surface area contributed by atoms with Crippen LogP contribution in [0.15, 0.2) is 73.5 Å². The summed E-state index contributed by atoms with van der Waals surface area (Å²) in [5.41, 5.74) is 1.03. The molecule has 3 heterocycles. The van der Waals surface area contributed by atoms with Crippen molar-refractivity contribution in [2.24, 2.45) is 0 Å². The quantitative estimate of drug-likeness (QED) is 0.0186. The zero-order valence-corrected chi connectivity index (χ0v) is 47.9. The Morgan fingerprint density at radius 3 is 2.14 bits per heavy atom. The van der Waals surface area contributed by atoms with E-state index in [1.54, 1.807) is 30.5 Å². The molecule has 0 radical (unpaired) electrons. The van der Waals surface area contributed by atoms with Crippen molar-refractivity contribution >= 4 is 66.1 Å². The highest BCUT2D eigenvalue weighted by atomic mass is 16.7. The second-order valence-corrected chi connectivity index (χ2v) is 18.9. The Kier molecular flexibility index (Phi) is 24.9. The fraction of sp³-hybridized carbons (Fsp3) is 0.464. The molecule has 4 N–H and O–H groups in total. The van der Waals surface area contributed by atoms with Crippen LogP contribution >= 0.6 is 0 Å². The second-order valence-electron chi connectivity index (χ2n) is 18.9. The molecule has 6 rings (SSSR count). The van der Waals surface area contributed by atoms with Crippen molar-refractivity contribution in [1.29, 1.82) is 0 Å². The average molecular weight is 1190 g/mol. The number of amides is 3. The van der Waals surface area contributed by atoms with Gasteiger partial charge < -0.3 is 86.8 Å². The number of anilines is 1. The van der Waals surface area contributed by atoms with Crippen LogP contribution in [0.4, 0.5) is 10.5 Å². The van der Waals surface area contributed by atoms with E-state index >= 15 is 0 Å². The lowest BCUT2D eigenvalue weighted by molar-refractivity contribution is -0.282. The van der Waals surface area contributed by atoms with E-state index in [9.17, 15) is 48.5 Å². The smallest absolute Gasteiger partial charge is 0.416 e. The van der Waals surface area contributed by atoms with Crippen LogP contribution in [-0.4, -0.2) is 187 Å². The first-order valence-electron chi connectivity index (χ1n) is 26.8. The molecule has 0 bridgehead atoms. The summed E-state index contributed by atoms with van der Waals surface area (Å²) in [6.45, 7) is 7.94. The van der Waals surface area contributed by atoms with Gasteiger partial charge in [-0.2, -0.15) is 0 Å². The van der Waals surface area contributed by atoms with Crippen molar-refractivity contribution in [3.05, 3.63) is 95.7 Å². The number of methoxy groups -OCH3 is 3. The van der Waals surface area contributed by atoms with Gasteiger partial charge in [-0.05, 0) is 66.7 Å². The molecule has 3 aliphatic heterocycles. The molecule has 1 unspecified atom stereocenters. The molecule has 3 aromatic rings. The maximum Gasteiger partial charge on any atom is 0.416 e. The van der Waals surface area contributed by atoms with Gasteiger partial charge in [0, 0.05) is 46.0 Å². The fourth-order valence-corrected chi connectivity index (χ4v) is 8.97. The standard InChI is InChI=1S/C56H69BN4O24/c1-9-19-78-46(65)11-10-20-77-45-29-41-39(28-44(45)73-7)52(67)60-30-37(36-13-15-38(72-6)16-14-36)27-42(60)53(68)61(41)56(70)79-31-35-12-17-43(40(26-35)51(66)58-18-21-75-22-23-76-24-25-80-59-57(5)71)84-55-50(83-34(4)64)48(82-33(3)63)47(81-32(2)62)49(85-55)54(69)74-8/h9,12-17,26,28-30,42,47-50,53,55,59,68,71H,1,10-11,18-25,27,31H2,2-8H3,(H,58,66)/t42-,47-,48-,49-,50+,53?,55+/m0/s1. The van der Waals surface area contributed by atoms with E-state index in [-0.39, 0.29) is 112 Å². The summed E-state index contributed by atoms with van der Waals surface area (Å²) in [6, 6.07) is 12.6. The van der Waals surface area contributed by atoms with Crippen LogP contribution in [0.1, 0.15) is 71.9 Å². The van der Waals surface area contributed by atoms with Crippen LogP contribution < -0.4 is 34.6 Å². The minimum atomic E-state index is -1.88. The Bertz CT molecular complexity index is 2890. The maximum atomic E-state index is 14.8. The number of hydrogen-bond acceptors (Lipinski definition) is 25. The van der Waals surface area contributed by atoms with Crippen molar-refractivity contribution in [3.63, 3.8) is 0 Å². The highest BCUT2D eigenvalue weighted by molar-refractivity contribution is 6.44. The third-order valence-corrected chi connectivity index (χ3v) is 12.7. The Labute approximate surface area is 489 Å². The number of hydrogen-bond donors (Lipinski definition) is 4. The van der Waals surface area contributed by atoms with Gasteiger partial charge in [-0.15, -0.1) is 0 Å².